The quantitative estimate of drug-likeness (QED) is 0.204. The zero-order chi connectivity index (χ0) is 4.83. The van der Waals surface area contributed by atoms with Gasteiger partial charge >= 0.3 is 0 Å². The van der Waals surface area contributed by atoms with Crippen LogP contribution in [-0.2, 0) is 9.88 Å². The van der Waals surface area contributed by atoms with Crippen molar-refractivity contribution >= 4 is 0 Å². The summed E-state index contributed by atoms with van der Waals surface area (Å²) in [4.78, 5) is 7.99. The Morgan fingerprint density at radius 3 is 2.67 bits per heavy atom. The highest BCUT2D eigenvalue weighted by molar-refractivity contribution is 3.88. The third-order valence-corrected chi connectivity index (χ3v) is 0.207. The van der Waals surface area contributed by atoms with Crippen molar-refractivity contribution in [3.05, 3.63) is 0 Å². The molecule has 0 radical (unpaired) electrons. The first-order valence-electron chi connectivity index (χ1n) is 1.45. The second-order valence-electron chi connectivity index (χ2n) is 0.552. The first kappa shape index (κ1) is 5.84. The van der Waals surface area contributed by atoms with Crippen LogP contribution < -0.4 is 5.48 Å². The average molecular weight is 93.1 g/mol. The van der Waals surface area contributed by atoms with Gasteiger partial charge in [-0.1, -0.05) is 0 Å². The van der Waals surface area contributed by atoms with Gasteiger partial charge in [0.05, 0.1) is 7.11 Å². The van der Waals surface area contributed by atoms with E-state index in [1.165, 1.54) is 7.11 Å². The largest absolute Gasteiger partial charge is 0.379 e. The van der Waals surface area contributed by atoms with E-state index in [0.717, 1.165) is 0 Å². The molecule has 0 heterocycles. The molecule has 0 aliphatic rings. The summed E-state index contributed by atoms with van der Waals surface area (Å²) in [5, 5.41) is 7.88. The van der Waals surface area contributed by atoms with E-state index in [9.17, 15) is 0 Å². The maximum atomic E-state index is 7.88. The summed E-state index contributed by atoms with van der Waals surface area (Å²) in [6.07, 6.45) is 0. The van der Waals surface area contributed by atoms with Crippen molar-refractivity contribution in [1.29, 1.82) is 0 Å². The smallest absolute Gasteiger partial charge is 0.119 e. The molecule has 0 saturated carbocycles. The van der Waals surface area contributed by atoms with E-state index in [2.05, 4.69) is 9.88 Å². The molecular weight excluding hydrogens is 86.0 g/mol. The Morgan fingerprint density at radius 2 is 2.50 bits per heavy atom. The van der Waals surface area contributed by atoms with Gasteiger partial charge in [-0.15, -0.1) is 10.5 Å². The lowest BCUT2D eigenvalue weighted by molar-refractivity contribution is -0.325. The fourth-order valence-corrected chi connectivity index (χ4v) is 0.0853. The molecule has 0 aromatic rings. The van der Waals surface area contributed by atoms with E-state index in [1.54, 1.807) is 0 Å². The molecule has 6 heavy (non-hydrogen) atoms. The second-order valence-corrected chi connectivity index (χ2v) is 0.552. The lowest BCUT2D eigenvalue weighted by Crippen LogP contribution is -2.13. The molecule has 4 nitrogen and oxygen atoms in total. The molecule has 4 heteroatoms. The van der Waals surface area contributed by atoms with Gasteiger partial charge in [-0.2, -0.15) is 0 Å². The van der Waals surface area contributed by atoms with Gasteiger partial charge in [0.2, 0.25) is 0 Å². The number of hydrogen-bond donors (Lipinski definition) is 2. The van der Waals surface area contributed by atoms with Crippen LogP contribution in [0.1, 0.15) is 0 Å². The van der Waals surface area contributed by atoms with Gasteiger partial charge in [-0.3, -0.25) is 0 Å². The summed E-state index contributed by atoms with van der Waals surface area (Å²) in [6.45, 7) is -0.242. The first-order chi connectivity index (χ1) is 2.91. The molecule has 0 bridgehead atoms. The molecule has 0 spiro atoms. The second kappa shape index (κ2) is 4.84. The lowest BCUT2D eigenvalue weighted by Gasteiger charge is -1.92. The van der Waals surface area contributed by atoms with Gasteiger partial charge in [0, 0.05) is 0 Å². The van der Waals surface area contributed by atoms with Crippen molar-refractivity contribution in [2.45, 2.75) is 0 Å². The van der Waals surface area contributed by atoms with Crippen LogP contribution in [0.2, 0.25) is 0 Å². The van der Waals surface area contributed by atoms with Crippen LogP contribution in [0.4, 0.5) is 0 Å². The fraction of sp³-hybridized carbons (Fsp3) is 1.00. The van der Waals surface area contributed by atoms with E-state index in [0.29, 0.717) is 0 Å². The lowest BCUT2D eigenvalue weighted by atomic mass is 11.4. The van der Waals surface area contributed by atoms with Gasteiger partial charge < -0.3 is 5.11 Å². The Balaban J connectivity index is 2.34. The Hall–Kier alpha value is -0.160. The number of nitrogens with one attached hydrogen (secondary N) is 1. The average Bonchev–Trinajstić information content (AvgIpc) is 1.61. The zero-order valence-corrected chi connectivity index (χ0v) is 3.47. The zero-order valence-electron chi connectivity index (χ0n) is 3.47. The Morgan fingerprint density at radius 1 is 1.83 bits per heavy atom. The molecule has 0 saturated heterocycles. The normalized spacial score (nSPS) is 9.00. The van der Waals surface area contributed by atoms with Crippen LogP contribution in [0.15, 0.2) is 0 Å². The van der Waals surface area contributed by atoms with E-state index >= 15 is 0 Å². The first-order valence-corrected chi connectivity index (χ1v) is 1.45. The molecule has 0 amide bonds. The summed E-state index contributed by atoms with van der Waals surface area (Å²) in [7, 11) is 1.34. The molecular formula is C2H7NO3. The molecule has 2 N–H and O–H groups in total. The Bertz CT molecular complexity index is 20.8. The van der Waals surface area contributed by atoms with Gasteiger partial charge in [0.15, 0.2) is 0 Å². The Kier molecular flexibility index (Phi) is 4.71. The van der Waals surface area contributed by atoms with Crippen LogP contribution >= 0.6 is 0 Å². The molecule has 0 aromatic heterocycles. The molecule has 0 aliphatic heterocycles. The number of rotatable bonds is 3. The molecule has 0 aliphatic carbocycles. The van der Waals surface area contributed by atoms with Crippen molar-refractivity contribution in [3.63, 3.8) is 0 Å². The Labute approximate surface area is 35.6 Å². The minimum atomic E-state index is -0.242. The van der Waals surface area contributed by atoms with Crippen LogP contribution in [0.25, 0.3) is 0 Å². The summed E-state index contributed by atoms with van der Waals surface area (Å²) >= 11 is 0. The van der Waals surface area contributed by atoms with Crippen LogP contribution in [-0.4, -0.2) is 18.9 Å². The summed E-state index contributed by atoms with van der Waals surface area (Å²) < 4.78 is 0. The van der Waals surface area contributed by atoms with E-state index in [1.807, 2.05) is 5.48 Å². The van der Waals surface area contributed by atoms with E-state index in [4.69, 9.17) is 5.11 Å². The summed E-state index contributed by atoms with van der Waals surface area (Å²) in [5.74, 6) is 0. The van der Waals surface area contributed by atoms with Crippen molar-refractivity contribution < 1.29 is 15.0 Å². The SMILES string of the molecule is COONCO. The van der Waals surface area contributed by atoms with Crippen LogP contribution in [0.5, 0.6) is 0 Å². The van der Waals surface area contributed by atoms with E-state index in [-0.39, 0.29) is 6.73 Å². The molecule has 0 atom stereocenters. The van der Waals surface area contributed by atoms with Gasteiger partial charge in [0.25, 0.3) is 0 Å². The number of aliphatic hydroxyl groups excluding tert-OH is 1. The molecule has 0 unspecified atom stereocenters. The van der Waals surface area contributed by atoms with Gasteiger partial charge in [-0.05, 0) is 0 Å². The molecule has 0 aromatic carbocycles. The van der Waals surface area contributed by atoms with Crippen molar-refractivity contribution in [2.75, 3.05) is 13.8 Å². The highest BCUT2D eigenvalue weighted by Gasteiger charge is 1.70. The minimum Gasteiger partial charge on any atom is -0.379 e. The molecule has 0 rings (SSSR count). The monoisotopic (exact) mass is 93.0 g/mol. The maximum Gasteiger partial charge on any atom is 0.119 e. The third kappa shape index (κ3) is 3.84. The molecule has 0 fully saturated rings. The third-order valence-electron chi connectivity index (χ3n) is 0.207. The summed E-state index contributed by atoms with van der Waals surface area (Å²) in [5.41, 5.74) is 2.03. The van der Waals surface area contributed by atoms with Crippen molar-refractivity contribution in [1.82, 2.24) is 5.48 Å². The van der Waals surface area contributed by atoms with E-state index < -0.39 is 0 Å². The van der Waals surface area contributed by atoms with Gasteiger partial charge in [-0.25, -0.2) is 4.89 Å². The van der Waals surface area contributed by atoms with Crippen molar-refractivity contribution in [3.8, 4) is 0 Å². The minimum absolute atomic E-state index is 0.242. The fourth-order valence-electron chi connectivity index (χ4n) is 0.0853. The number of hydroxylamine groups is 1. The topological polar surface area (TPSA) is 50.7 Å². The number of hydrogen-bond acceptors (Lipinski definition) is 4. The highest BCUT2D eigenvalue weighted by atomic mass is 17.3. The molecule has 38 valence electrons. The number of aliphatic hydroxyl groups is 1. The predicted molar refractivity (Wildman–Crippen MR) is 18.3 cm³/mol. The maximum absolute atomic E-state index is 7.88. The summed E-state index contributed by atoms with van der Waals surface area (Å²) in [6, 6.07) is 0. The predicted octanol–water partition coefficient (Wildman–Crippen LogP) is -0.981. The standard InChI is InChI=1S/C2H7NO3/c1-5-6-3-2-4/h3-4H,2H2,1H3. The van der Waals surface area contributed by atoms with Crippen molar-refractivity contribution in [2.24, 2.45) is 0 Å². The van der Waals surface area contributed by atoms with Crippen LogP contribution in [0.3, 0.4) is 0 Å². The highest BCUT2D eigenvalue weighted by Crippen LogP contribution is 1.56. The van der Waals surface area contributed by atoms with Gasteiger partial charge in [0.1, 0.15) is 6.73 Å². The van der Waals surface area contributed by atoms with Crippen LogP contribution in [0, 0.1) is 0 Å².